The van der Waals surface area contributed by atoms with E-state index in [2.05, 4.69) is 33.3 Å². The number of aromatic nitrogens is 3. The summed E-state index contributed by atoms with van der Waals surface area (Å²) in [5.74, 6) is -0.0791. The number of rotatable bonds is 3. The summed E-state index contributed by atoms with van der Waals surface area (Å²) in [5.41, 5.74) is 13.9. The molecule has 1 aliphatic heterocycles. The maximum atomic E-state index is 14.7. The Labute approximate surface area is 158 Å². The first-order chi connectivity index (χ1) is 13.0. The predicted molar refractivity (Wildman–Crippen MR) is 107 cm³/mol. The minimum absolute atomic E-state index is 0.120. The number of nitrogen functional groups attached to an aromatic ring is 2. The van der Waals surface area contributed by atoms with Gasteiger partial charge in [0, 0.05) is 42.5 Å². The van der Waals surface area contributed by atoms with Crippen LogP contribution in [0.25, 0.3) is 22.2 Å². The number of hydrogen-bond donors (Lipinski definition) is 2. The number of nitrogens with zero attached hydrogens (tertiary/aromatic N) is 4. The first kappa shape index (κ1) is 17.7. The molecule has 1 fully saturated rings. The van der Waals surface area contributed by atoms with Crippen LogP contribution >= 0.6 is 0 Å². The number of nitrogens with two attached hydrogens (primary N) is 2. The van der Waals surface area contributed by atoms with Crippen LogP contribution in [-0.2, 0) is 0 Å². The van der Waals surface area contributed by atoms with Crippen molar-refractivity contribution in [3.8, 4) is 11.1 Å². The van der Waals surface area contributed by atoms with E-state index in [4.69, 9.17) is 11.5 Å². The Morgan fingerprint density at radius 3 is 2.56 bits per heavy atom. The van der Waals surface area contributed by atoms with E-state index in [1.807, 2.05) is 6.20 Å². The molecule has 0 aliphatic carbocycles. The van der Waals surface area contributed by atoms with Crippen molar-refractivity contribution >= 4 is 22.5 Å². The van der Waals surface area contributed by atoms with Crippen LogP contribution in [0.1, 0.15) is 32.7 Å². The number of fused-ring (bicyclic) bond motifs is 1. The van der Waals surface area contributed by atoms with Crippen molar-refractivity contribution in [2.75, 3.05) is 24.6 Å². The van der Waals surface area contributed by atoms with E-state index in [9.17, 15) is 4.39 Å². The van der Waals surface area contributed by atoms with Gasteiger partial charge in [-0.05, 0) is 32.8 Å². The topological polar surface area (TPSA) is 86.0 Å². The number of hydrogen-bond acceptors (Lipinski definition) is 5. The highest BCUT2D eigenvalue weighted by atomic mass is 19.1. The van der Waals surface area contributed by atoms with Crippen LogP contribution in [-0.4, -0.2) is 38.6 Å². The van der Waals surface area contributed by atoms with Gasteiger partial charge in [-0.1, -0.05) is 12.1 Å². The van der Waals surface area contributed by atoms with Crippen molar-refractivity contribution in [2.45, 2.75) is 38.8 Å². The molecule has 7 heteroatoms. The maximum absolute atomic E-state index is 14.7. The largest absolute Gasteiger partial charge is 0.396 e. The summed E-state index contributed by atoms with van der Waals surface area (Å²) < 4.78 is 16.9. The molecule has 1 aromatic carbocycles. The Balaban J connectivity index is 1.82. The maximum Gasteiger partial charge on any atom is 0.153 e. The zero-order chi connectivity index (χ0) is 19.1. The summed E-state index contributed by atoms with van der Waals surface area (Å²) in [6.45, 7) is 6.51. The molecule has 0 atom stereocenters. The van der Waals surface area contributed by atoms with Gasteiger partial charge < -0.3 is 20.9 Å². The van der Waals surface area contributed by atoms with Crippen molar-refractivity contribution < 1.29 is 4.39 Å². The molecule has 0 radical (unpaired) electrons. The van der Waals surface area contributed by atoms with Gasteiger partial charge in [-0.2, -0.15) is 0 Å². The number of piperidine rings is 1. The molecule has 3 heterocycles. The van der Waals surface area contributed by atoms with Crippen LogP contribution in [0.5, 0.6) is 0 Å². The van der Waals surface area contributed by atoms with Gasteiger partial charge in [-0.25, -0.2) is 14.4 Å². The zero-order valence-electron chi connectivity index (χ0n) is 15.7. The summed E-state index contributed by atoms with van der Waals surface area (Å²) in [6, 6.07) is 5.87. The third-order valence-electron chi connectivity index (χ3n) is 5.58. The van der Waals surface area contributed by atoms with Crippen molar-refractivity contribution in [1.29, 1.82) is 0 Å². The Hall–Kier alpha value is -2.67. The molecule has 0 amide bonds. The molecule has 1 aliphatic rings. The lowest BCUT2D eigenvalue weighted by atomic mass is 10.0. The number of halogens is 1. The van der Waals surface area contributed by atoms with E-state index in [0.717, 1.165) is 31.6 Å². The van der Waals surface area contributed by atoms with Gasteiger partial charge in [0.2, 0.25) is 0 Å². The van der Waals surface area contributed by atoms with Crippen LogP contribution in [0, 0.1) is 5.82 Å². The summed E-state index contributed by atoms with van der Waals surface area (Å²) in [6.07, 6.45) is 5.47. The van der Waals surface area contributed by atoms with E-state index in [0.29, 0.717) is 34.4 Å². The van der Waals surface area contributed by atoms with Crippen LogP contribution in [0.2, 0.25) is 0 Å². The van der Waals surface area contributed by atoms with E-state index in [1.54, 1.807) is 18.2 Å². The fourth-order valence-corrected chi connectivity index (χ4v) is 4.03. The normalized spacial score (nSPS) is 16.4. The molecule has 2 aromatic heterocycles. The van der Waals surface area contributed by atoms with Gasteiger partial charge in [0.15, 0.2) is 5.82 Å². The van der Waals surface area contributed by atoms with E-state index >= 15 is 0 Å². The zero-order valence-corrected chi connectivity index (χ0v) is 15.7. The Morgan fingerprint density at radius 1 is 1.11 bits per heavy atom. The van der Waals surface area contributed by atoms with Gasteiger partial charge in [0.05, 0.1) is 11.1 Å². The molecule has 0 bridgehead atoms. The summed E-state index contributed by atoms with van der Waals surface area (Å²) in [4.78, 5) is 11.1. The van der Waals surface area contributed by atoms with Gasteiger partial charge in [-0.15, -0.1) is 0 Å². The highest BCUT2D eigenvalue weighted by Gasteiger charge is 2.26. The number of likely N-dealkylation sites (tertiary alicyclic amines) is 1. The first-order valence-electron chi connectivity index (χ1n) is 9.36. The second-order valence-electron chi connectivity index (χ2n) is 7.48. The van der Waals surface area contributed by atoms with Crippen molar-refractivity contribution in [3.05, 3.63) is 36.5 Å². The third kappa shape index (κ3) is 3.02. The summed E-state index contributed by atoms with van der Waals surface area (Å²) in [5, 5.41) is 0.688. The van der Waals surface area contributed by atoms with E-state index in [1.165, 1.54) is 6.33 Å². The van der Waals surface area contributed by atoms with Crippen molar-refractivity contribution in [3.63, 3.8) is 0 Å². The standard InChI is InChI=1S/C20H25FN6/c1-12(2)26-8-6-13(7-9-26)27-10-15(14-4-3-5-16(22)18(14)21)17-19(23)24-11-25-20(17)27/h3-5,10-13H,6-9,22H2,1-2H3,(H2,23,24,25). The average Bonchev–Trinajstić information content (AvgIpc) is 3.05. The molecule has 142 valence electrons. The predicted octanol–water partition coefficient (Wildman–Crippen LogP) is 3.45. The summed E-state index contributed by atoms with van der Waals surface area (Å²) in [7, 11) is 0. The van der Waals surface area contributed by atoms with Crippen LogP contribution < -0.4 is 11.5 Å². The first-order valence-corrected chi connectivity index (χ1v) is 9.36. The van der Waals surface area contributed by atoms with Crippen LogP contribution in [0.3, 0.4) is 0 Å². The van der Waals surface area contributed by atoms with E-state index in [-0.39, 0.29) is 5.69 Å². The third-order valence-corrected chi connectivity index (χ3v) is 5.58. The molecule has 4 N–H and O–H groups in total. The minimum Gasteiger partial charge on any atom is -0.396 e. The second-order valence-corrected chi connectivity index (χ2v) is 7.48. The van der Waals surface area contributed by atoms with Gasteiger partial charge >= 0.3 is 0 Å². The molecular weight excluding hydrogens is 343 g/mol. The Kier molecular flexibility index (Phi) is 4.47. The highest BCUT2D eigenvalue weighted by molar-refractivity contribution is 6.01. The molecule has 27 heavy (non-hydrogen) atoms. The molecule has 6 nitrogen and oxygen atoms in total. The molecule has 3 aromatic rings. The number of benzene rings is 1. The van der Waals surface area contributed by atoms with Crippen molar-refractivity contribution in [1.82, 2.24) is 19.4 Å². The average molecular weight is 368 g/mol. The molecule has 0 spiro atoms. The minimum atomic E-state index is -0.436. The van der Waals surface area contributed by atoms with E-state index < -0.39 is 5.82 Å². The molecule has 4 rings (SSSR count). The quantitative estimate of drug-likeness (QED) is 0.692. The van der Waals surface area contributed by atoms with Gasteiger partial charge in [0.1, 0.15) is 17.8 Å². The van der Waals surface area contributed by atoms with Crippen LogP contribution in [0.4, 0.5) is 15.9 Å². The lowest BCUT2D eigenvalue weighted by molar-refractivity contribution is 0.153. The monoisotopic (exact) mass is 368 g/mol. The highest BCUT2D eigenvalue weighted by Crippen LogP contribution is 2.38. The molecule has 1 saturated heterocycles. The molecular formula is C20H25FN6. The number of anilines is 2. The fraction of sp³-hybridized carbons (Fsp3) is 0.400. The SMILES string of the molecule is CC(C)N1CCC(n2cc(-c3cccc(N)c3F)c3c(N)ncnc32)CC1. The second kappa shape index (κ2) is 6.81. The molecule has 0 saturated carbocycles. The molecule has 0 unspecified atom stereocenters. The lowest BCUT2D eigenvalue weighted by Crippen LogP contribution is -2.38. The van der Waals surface area contributed by atoms with Crippen molar-refractivity contribution in [2.24, 2.45) is 0 Å². The van der Waals surface area contributed by atoms with Gasteiger partial charge in [-0.3, -0.25) is 0 Å². The fourth-order valence-electron chi connectivity index (χ4n) is 4.03. The lowest BCUT2D eigenvalue weighted by Gasteiger charge is -2.35. The van der Waals surface area contributed by atoms with Gasteiger partial charge in [0.25, 0.3) is 0 Å². The smallest absolute Gasteiger partial charge is 0.153 e. The Morgan fingerprint density at radius 2 is 1.85 bits per heavy atom. The summed E-state index contributed by atoms with van der Waals surface area (Å²) >= 11 is 0. The Bertz CT molecular complexity index is 972. The van der Waals surface area contributed by atoms with Crippen LogP contribution in [0.15, 0.2) is 30.7 Å².